The van der Waals surface area contributed by atoms with E-state index in [0.717, 1.165) is 24.3 Å². The van der Waals surface area contributed by atoms with Crippen LogP contribution in [0.15, 0.2) is 24.3 Å². The van der Waals surface area contributed by atoms with Gasteiger partial charge in [-0.1, -0.05) is 31.4 Å². The Kier molecular flexibility index (Phi) is 4.28. The molecule has 0 unspecified atom stereocenters. The first-order chi connectivity index (χ1) is 11.6. The maximum Gasteiger partial charge on any atom is 0.344 e. The third-order valence-electron chi connectivity index (χ3n) is 4.44. The Labute approximate surface area is 139 Å². The van der Waals surface area contributed by atoms with Gasteiger partial charge in [-0.2, -0.15) is 5.01 Å². The molecule has 8 nitrogen and oxygen atoms in total. The molecule has 3 rings (SSSR count). The third-order valence-corrected chi connectivity index (χ3v) is 4.44. The van der Waals surface area contributed by atoms with Crippen LogP contribution in [-0.4, -0.2) is 35.6 Å². The molecule has 5 amide bonds. The van der Waals surface area contributed by atoms with Crippen LogP contribution in [0, 0.1) is 0 Å². The summed E-state index contributed by atoms with van der Waals surface area (Å²) in [6.07, 6.45) is 4.01. The molecular weight excluding hydrogens is 312 g/mol. The first kappa shape index (κ1) is 16.1. The number of para-hydroxylation sites is 2. The number of imide groups is 1. The van der Waals surface area contributed by atoms with E-state index in [9.17, 15) is 14.4 Å². The zero-order valence-corrected chi connectivity index (χ0v) is 13.4. The standard InChI is InChI=1S/C16H20N4O4/c1-24-12-8-4-3-7-11(12)17-14(22)19-20-13(21)16(18-15(20)23)9-5-2-6-10-16/h3-4,7-8H,2,5-6,9-10H2,1H3,(H,18,23)(H2,17,19,22). The normalized spacial score (nSPS) is 19.1. The number of urea groups is 2. The van der Waals surface area contributed by atoms with Crippen molar-refractivity contribution in [3.8, 4) is 5.75 Å². The number of amides is 5. The van der Waals surface area contributed by atoms with Crippen LogP contribution < -0.4 is 20.8 Å². The van der Waals surface area contributed by atoms with Crippen molar-refractivity contribution in [3.05, 3.63) is 24.3 Å². The van der Waals surface area contributed by atoms with Crippen LogP contribution in [0.25, 0.3) is 0 Å². The van der Waals surface area contributed by atoms with E-state index in [1.165, 1.54) is 7.11 Å². The predicted molar refractivity (Wildman–Crippen MR) is 86.3 cm³/mol. The van der Waals surface area contributed by atoms with Crippen molar-refractivity contribution in [3.63, 3.8) is 0 Å². The second-order valence-corrected chi connectivity index (χ2v) is 5.98. The summed E-state index contributed by atoms with van der Waals surface area (Å²) in [7, 11) is 1.49. The van der Waals surface area contributed by atoms with Gasteiger partial charge >= 0.3 is 12.1 Å². The van der Waals surface area contributed by atoms with Crippen LogP contribution in [0.4, 0.5) is 15.3 Å². The molecular formula is C16H20N4O4. The van der Waals surface area contributed by atoms with Crippen LogP contribution >= 0.6 is 0 Å². The van der Waals surface area contributed by atoms with Crippen molar-refractivity contribution in [2.24, 2.45) is 0 Å². The Bertz CT molecular complexity index is 670. The molecule has 1 aliphatic carbocycles. The number of carbonyl (C=O) groups excluding carboxylic acids is 3. The lowest BCUT2D eigenvalue weighted by Crippen LogP contribution is -2.51. The van der Waals surface area contributed by atoms with E-state index < -0.39 is 23.5 Å². The fourth-order valence-electron chi connectivity index (χ4n) is 3.22. The van der Waals surface area contributed by atoms with E-state index in [-0.39, 0.29) is 0 Å². The number of anilines is 1. The largest absolute Gasteiger partial charge is 0.495 e. The topological polar surface area (TPSA) is 99.8 Å². The summed E-state index contributed by atoms with van der Waals surface area (Å²) in [5, 5.41) is 6.06. The Morgan fingerprint density at radius 2 is 1.92 bits per heavy atom. The smallest absolute Gasteiger partial charge is 0.344 e. The molecule has 1 aromatic rings. The van der Waals surface area contributed by atoms with Crippen LogP contribution in [0.3, 0.4) is 0 Å². The van der Waals surface area contributed by atoms with Gasteiger partial charge in [-0.15, -0.1) is 0 Å². The second-order valence-electron chi connectivity index (χ2n) is 5.98. The molecule has 1 heterocycles. The molecule has 1 saturated carbocycles. The van der Waals surface area contributed by atoms with Crippen LogP contribution in [-0.2, 0) is 4.79 Å². The van der Waals surface area contributed by atoms with Crippen LogP contribution in [0.1, 0.15) is 32.1 Å². The SMILES string of the molecule is COc1ccccc1NC(=O)NN1C(=O)NC2(CCCCC2)C1=O. The molecule has 3 N–H and O–H groups in total. The first-order valence-electron chi connectivity index (χ1n) is 7.93. The Hall–Kier alpha value is -2.77. The van der Waals surface area contributed by atoms with Gasteiger partial charge < -0.3 is 15.4 Å². The number of rotatable bonds is 3. The highest BCUT2D eigenvalue weighted by Crippen LogP contribution is 2.33. The Morgan fingerprint density at radius 1 is 1.21 bits per heavy atom. The van der Waals surface area contributed by atoms with Gasteiger partial charge in [0.25, 0.3) is 5.91 Å². The number of hydrazine groups is 1. The van der Waals surface area contributed by atoms with Crippen molar-refractivity contribution in [2.75, 3.05) is 12.4 Å². The molecule has 1 aliphatic heterocycles. The van der Waals surface area contributed by atoms with E-state index in [1.54, 1.807) is 24.3 Å². The second kappa shape index (κ2) is 6.38. The quantitative estimate of drug-likeness (QED) is 0.737. The number of benzene rings is 1. The third kappa shape index (κ3) is 2.86. The predicted octanol–water partition coefficient (Wildman–Crippen LogP) is 1.99. The summed E-state index contributed by atoms with van der Waals surface area (Å²) in [4.78, 5) is 36.8. The minimum atomic E-state index is -0.868. The van der Waals surface area contributed by atoms with Crippen molar-refractivity contribution in [2.45, 2.75) is 37.6 Å². The van der Waals surface area contributed by atoms with Crippen molar-refractivity contribution in [1.82, 2.24) is 15.8 Å². The fraction of sp³-hybridized carbons (Fsp3) is 0.438. The van der Waals surface area contributed by atoms with Gasteiger partial charge in [0.05, 0.1) is 12.8 Å². The molecule has 1 aromatic carbocycles. The number of nitrogens with one attached hydrogen (secondary N) is 3. The minimum Gasteiger partial charge on any atom is -0.495 e. The molecule has 0 aromatic heterocycles. The van der Waals surface area contributed by atoms with Crippen molar-refractivity contribution >= 4 is 23.7 Å². The lowest BCUT2D eigenvalue weighted by atomic mass is 9.82. The number of nitrogens with zero attached hydrogens (tertiary/aromatic N) is 1. The van der Waals surface area contributed by atoms with Crippen LogP contribution in [0.5, 0.6) is 5.75 Å². The molecule has 0 bridgehead atoms. The molecule has 1 saturated heterocycles. The van der Waals surface area contributed by atoms with E-state index >= 15 is 0 Å². The monoisotopic (exact) mass is 332 g/mol. The lowest BCUT2D eigenvalue weighted by molar-refractivity contribution is -0.133. The summed E-state index contributed by atoms with van der Waals surface area (Å²) in [6, 6.07) is 5.58. The zero-order chi connectivity index (χ0) is 17.2. The molecule has 1 spiro atoms. The fourth-order valence-corrected chi connectivity index (χ4v) is 3.22. The number of ether oxygens (including phenoxy) is 1. The highest BCUT2D eigenvalue weighted by molar-refractivity contribution is 6.08. The van der Waals surface area contributed by atoms with Gasteiger partial charge in [-0.25, -0.2) is 15.0 Å². The summed E-state index contributed by atoms with van der Waals surface area (Å²) in [5.41, 5.74) is 1.89. The highest BCUT2D eigenvalue weighted by Gasteiger charge is 2.52. The maximum atomic E-state index is 12.6. The van der Waals surface area contributed by atoms with Crippen molar-refractivity contribution < 1.29 is 19.1 Å². The van der Waals surface area contributed by atoms with Crippen LogP contribution in [0.2, 0.25) is 0 Å². The maximum absolute atomic E-state index is 12.6. The molecule has 8 heteroatoms. The van der Waals surface area contributed by atoms with Crippen molar-refractivity contribution in [1.29, 1.82) is 0 Å². The average molecular weight is 332 g/mol. The zero-order valence-electron chi connectivity index (χ0n) is 13.4. The van der Waals surface area contributed by atoms with Gasteiger partial charge in [-0.05, 0) is 25.0 Å². The number of methoxy groups -OCH3 is 1. The van der Waals surface area contributed by atoms with Gasteiger partial charge in [0, 0.05) is 0 Å². The summed E-state index contributed by atoms with van der Waals surface area (Å²) < 4.78 is 5.15. The van der Waals surface area contributed by atoms with E-state index in [1.807, 2.05) is 0 Å². The molecule has 2 fully saturated rings. The Morgan fingerprint density at radius 3 is 2.62 bits per heavy atom. The van der Waals surface area contributed by atoms with E-state index in [2.05, 4.69) is 16.1 Å². The summed E-state index contributed by atoms with van der Waals surface area (Å²) in [6.45, 7) is 0. The summed E-state index contributed by atoms with van der Waals surface area (Å²) >= 11 is 0. The number of carbonyl (C=O) groups is 3. The van der Waals surface area contributed by atoms with Gasteiger partial charge in [0.2, 0.25) is 0 Å². The highest BCUT2D eigenvalue weighted by atomic mass is 16.5. The molecule has 0 atom stereocenters. The molecule has 0 radical (unpaired) electrons. The molecule has 2 aliphatic rings. The lowest BCUT2D eigenvalue weighted by Gasteiger charge is -2.30. The van der Waals surface area contributed by atoms with Gasteiger partial charge in [0.15, 0.2) is 0 Å². The number of hydrogen-bond donors (Lipinski definition) is 3. The Balaban J connectivity index is 1.68. The average Bonchev–Trinajstić information content (AvgIpc) is 2.80. The number of hydrogen-bond acceptors (Lipinski definition) is 4. The van der Waals surface area contributed by atoms with Gasteiger partial charge in [0.1, 0.15) is 11.3 Å². The van der Waals surface area contributed by atoms with E-state index in [4.69, 9.17) is 4.74 Å². The minimum absolute atomic E-state index is 0.401. The molecule has 128 valence electrons. The summed E-state index contributed by atoms with van der Waals surface area (Å²) in [5.74, 6) is 0.0796. The van der Waals surface area contributed by atoms with Gasteiger partial charge in [-0.3, -0.25) is 4.79 Å². The first-order valence-corrected chi connectivity index (χ1v) is 7.93. The van der Waals surface area contributed by atoms with E-state index in [0.29, 0.717) is 24.3 Å². The molecule has 24 heavy (non-hydrogen) atoms.